The zero-order chi connectivity index (χ0) is 22.1. The zero-order valence-corrected chi connectivity index (χ0v) is 17.4. The lowest BCUT2D eigenvalue weighted by Crippen LogP contribution is -2.80. The molecule has 4 saturated carbocycles. The maximum atomic E-state index is 13.8. The van der Waals surface area contributed by atoms with Gasteiger partial charge in [-0.3, -0.25) is 14.4 Å². The highest BCUT2D eigenvalue weighted by Gasteiger charge is 2.83. The molecule has 8 nitrogen and oxygen atoms in total. The third-order valence-corrected chi connectivity index (χ3v) is 9.19. The van der Waals surface area contributed by atoms with Crippen LogP contribution in [0.15, 0.2) is 12.2 Å². The van der Waals surface area contributed by atoms with Gasteiger partial charge in [0.1, 0.15) is 18.0 Å². The number of carbonyl (C=O) groups is 3. The first kappa shape index (κ1) is 20.3. The summed E-state index contributed by atoms with van der Waals surface area (Å²) < 4.78 is 11.4. The molecule has 2 spiro atoms. The minimum absolute atomic E-state index is 0.0518. The van der Waals surface area contributed by atoms with Gasteiger partial charge in [0.25, 0.3) is 0 Å². The maximum absolute atomic E-state index is 13.8. The second-order valence-corrected chi connectivity index (χ2v) is 10.6. The van der Waals surface area contributed by atoms with Crippen molar-refractivity contribution >= 4 is 17.5 Å². The summed E-state index contributed by atoms with van der Waals surface area (Å²) in [6, 6.07) is 0. The molecule has 2 heterocycles. The molecule has 0 aromatic rings. The fourth-order valence-corrected chi connectivity index (χ4v) is 7.82. The normalized spacial score (nSPS) is 53.3. The molecular formula is C22H28O8. The summed E-state index contributed by atoms with van der Waals surface area (Å²) >= 11 is 0. The summed E-state index contributed by atoms with van der Waals surface area (Å²) in [4.78, 5) is 39.2. The highest BCUT2D eigenvalue weighted by Crippen LogP contribution is 2.74. The van der Waals surface area contributed by atoms with Crippen LogP contribution >= 0.6 is 0 Å². The van der Waals surface area contributed by atoms with E-state index in [4.69, 9.17) is 9.47 Å². The van der Waals surface area contributed by atoms with E-state index >= 15 is 0 Å². The number of aliphatic hydroxyl groups is 3. The topological polar surface area (TPSA) is 130 Å². The number of ether oxygens (including phenoxy) is 2. The van der Waals surface area contributed by atoms with E-state index in [1.807, 2.05) is 0 Å². The summed E-state index contributed by atoms with van der Waals surface area (Å²) in [6.45, 7) is 8.47. The van der Waals surface area contributed by atoms with Crippen LogP contribution in [0.3, 0.4) is 0 Å². The van der Waals surface area contributed by atoms with Crippen molar-refractivity contribution < 1.29 is 39.2 Å². The molecule has 0 radical (unpaired) electrons. The van der Waals surface area contributed by atoms with Crippen molar-refractivity contribution in [3.8, 4) is 0 Å². The maximum Gasteiger partial charge on any atom is 0.303 e. The fraction of sp³-hybridized carbons (Fsp3) is 0.773. The van der Waals surface area contributed by atoms with Crippen LogP contribution in [-0.4, -0.2) is 63.1 Å². The van der Waals surface area contributed by atoms with E-state index in [0.29, 0.717) is 6.42 Å². The molecule has 0 amide bonds. The van der Waals surface area contributed by atoms with Crippen molar-refractivity contribution in [3.05, 3.63) is 12.2 Å². The van der Waals surface area contributed by atoms with E-state index in [-0.39, 0.29) is 37.2 Å². The number of hydrogen-bond acceptors (Lipinski definition) is 8. The van der Waals surface area contributed by atoms with Crippen LogP contribution < -0.4 is 0 Å². The Balaban J connectivity index is 1.76. The molecule has 4 aliphatic carbocycles. The highest BCUT2D eigenvalue weighted by atomic mass is 16.6. The number of Topliss-reactive ketones (excluding diaryl/α,β-unsaturated/α-hetero) is 2. The lowest BCUT2D eigenvalue weighted by molar-refractivity contribution is -0.375. The minimum Gasteiger partial charge on any atom is -0.457 e. The van der Waals surface area contributed by atoms with E-state index in [1.54, 1.807) is 13.8 Å². The number of rotatable bonds is 1. The van der Waals surface area contributed by atoms with E-state index in [1.165, 1.54) is 6.92 Å². The first-order valence-corrected chi connectivity index (χ1v) is 10.5. The second-order valence-electron chi connectivity index (χ2n) is 10.6. The fourth-order valence-electron chi connectivity index (χ4n) is 7.82. The number of aliphatic hydroxyl groups excluding tert-OH is 1. The van der Waals surface area contributed by atoms with Crippen molar-refractivity contribution in [3.63, 3.8) is 0 Å². The average Bonchev–Trinajstić information content (AvgIpc) is 2.80. The molecule has 0 aromatic heterocycles. The van der Waals surface area contributed by atoms with E-state index < -0.39 is 63.4 Å². The van der Waals surface area contributed by atoms with Crippen LogP contribution in [0.1, 0.15) is 46.5 Å². The molecule has 8 heteroatoms. The molecule has 2 saturated heterocycles. The molecule has 3 N–H and O–H groups in total. The van der Waals surface area contributed by atoms with Gasteiger partial charge < -0.3 is 24.8 Å². The van der Waals surface area contributed by atoms with Gasteiger partial charge in [-0.05, 0) is 30.8 Å². The molecule has 6 fully saturated rings. The lowest BCUT2D eigenvalue weighted by atomic mass is 9.37. The Kier molecular flexibility index (Phi) is 3.66. The molecule has 164 valence electrons. The Labute approximate surface area is 174 Å². The quantitative estimate of drug-likeness (QED) is 0.407. The molecule has 30 heavy (non-hydrogen) atoms. The van der Waals surface area contributed by atoms with Crippen LogP contribution in [0.2, 0.25) is 0 Å². The zero-order valence-electron chi connectivity index (χ0n) is 17.4. The smallest absolute Gasteiger partial charge is 0.303 e. The molecule has 2 aliphatic heterocycles. The Morgan fingerprint density at radius 2 is 1.90 bits per heavy atom. The van der Waals surface area contributed by atoms with Gasteiger partial charge in [0.05, 0.1) is 29.5 Å². The largest absolute Gasteiger partial charge is 0.457 e. The standard InChI is InChI=1S/C22H28O8/c1-10-17(30-11(2)23)20-8-19(10,27)6-5-12(20)21-9-29-22(28,7-13(21)24)18(3,4)15(21)14(25)16(20)26/h12,14-15,17,25,27-28H,1,5-9H2,2-4H3. The SMILES string of the molecule is C=C1C(OC(C)=O)C23CC1(O)CCC2C12COC(O)(CC1=O)C(C)(C)C2C(O)C3=O. The monoisotopic (exact) mass is 420 g/mol. The van der Waals surface area contributed by atoms with Crippen LogP contribution in [0.5, 0.6) is 0 Å². The Morgan fingerprint density at radius 3 is 2.50 bits per heavy atom. The Bertz CT molecular complexity index is 909. The first-order valence-electron chi connectivity index (χ1n) is 10.5. The summed E-state index contributed by atoms with van der Waals surface area (Å²) in [5.74, 6) is -4.63. The Morgan fingerprint density at radius 1 is 1.23 bits per heavy atom. The molecule has 8 atom stereocenters. The summed E-state index contributed by atoms with van der Waals surface area (Å²) in [7, 11) is 0. The third kappa shape index (κ3) is 1.87. The van der Waals surface area contributed by atoms with Crippen LogP contribution in [0, 0.1) is 28.1 Å². The molecular weight excluding hydrogens is 392 g/mol. The Hall–Kier alpha value is -1.61. The van der Waals surface area contributed by atoms with Crippen LogP contribution in [0.25, 0.3) is 0 Å². The summed E-state index contributed by atoms with van der Waals surface area (Å²) in [6.07, 6.45) is -2.37. The minimum atomic E-state index is -1.76. The third-order valence-electron chi connectivity index (χ3n) is 9.19. The second kappa shape index (κ2) is 5.41. The molecule has 8 unspecified atom stereocenters. The van der Waals surface area contributed by atoms with E-state index in [2.05, 4.69) is 6.58 Å². The molecule has 6 rings (SSSR count). The van der Waals surface area contributed by atoms with Gasteiger partial charge in [0.2, 0.25) is 0 Å². The van der Waals surface area contributed by atoms with Gasteiger partial charge in [-0.25, -0.2) is 0 Å². The summed E-state index contributed by atoms with van der Waals surface area (Å²) in [5.41, 5.74) is -4.89. The van der Waals surface area contributed by atoms with Gasteiger partial charge in [0, 0.05) is 18.3 Å². The first-order chi connectivity index (χ1) is 13.8. The number of fused-ring (bicyclic) bond motifs is 3. The van der Waals surface area contributed by atoms with E-state index in [9.17, 15) is 29.7 Å². The van der Waals surface area contributed by atoms with Crippen molar-refractivity contribution in [2.75, 3.05) is 6.61 Å². The highest BCUT2D eigenvalue weighted by molar-refractivity contribution is 5.99. The predicted octanol–water partition coefficient (Wildman–Crippen LogP) is 0.269. The van der Waals surface area contributed by atoms with E-state index in [0.717, 1.165) is 0 Å². The number of esters is 1. The van der Waals surface area contributed by atoms with Crippen molar-refractivity contribution in [1.29, 1.82) is 0 Å². The molecule has 6 aliphatic rings. The number of ketones is 2. The average molecular weight is 420 g/mol. The van der Waals surface area contributed by atoms with Crippen molar-refractivity contribution in [2.45, 2.75) is 70.1 Å². The van der Waals surface area contributed by atoms with Gasteiger partial charge in [-0.2, -0.15) is 0 Å². The van der Waals surface area contributed by atoms with Gasteiger partial charge in [-0.1, -0.05) is 20.4 Å². The van der Waals surface area contributed by atoms with Gasteiger partial charge in [-0.15, -0.1) is 0 Å². The number of hydrogen-bond donors (Lipinski definition) is 3. The number of carbonyl (C=O) groups excluding carboxylic acids is 3. The van der Waals surface area contributed by atoms with Crippen LogP contribution in [0.4, 0.5) is 0 Å². The van der Waals surface area contributed by atoms with Gasteiger partial charge >= 0.3 is 5.97 Å². The van der Waals surface area contributed by atoms with Crippen molar-refractivity contribution in [1.82, 2.24) is 0 Å². The predicted molar refractivity (Wildman–Crippen MR) is 101 cm³/mol. The summed E-state index contributed by atoms with van der Waals surface area (Å²) in [5, 5.41) is 33.6. The lowest BCUT2D eigenvalue weighted by Gasteiger charge is -2.70. The van der Waals surface area contributed by atoms with Gasteiger partial charge in [0.15, 0.2) is 11.6 Å². The molecule has 0 aromatic carbocycles. The van der Waals surface area contributed by atoms with Crippen LogP contribution in [-0.2, 0) is 23.9 Å². The molecule has 4 bridgehead atoms. The van der Waals surface area contributed by atoms with Crippen molar-refractivity contribution in [2.24, 2.45) is 28.1 Å².